The van der Waals surface area contributed by atoms with Crippen LogP contribution in [0.15, 0.2) is 0 Å². The van der Waals surface area contributed by atoms with Gasteiger partial charge in [0.05, 0.1) is 6.42 Å². The third-order valence-electron chi connectivity index (χ3n) is 9.24. The maximum atomic E-state index is 12.9. The van der Waals surface area contributed by atoms with E-state index in [0.29, 0.717) is 19.4 Å². The number of carbonyl (C=O) groups excluding carboxylic acids is 3. The number of hydrogen-bond donors (Lipinski definition) is 2. The number of amides is 2. The Kier molecular flexibility index (Phi) is 33.5. The molecular weight excluding hydrogens is 572 g/mol. The number of carbonyl (C=O) groups is 3. The van der Waals surface area contributed by atoms with E-state index in [9.17, 15) is 14.4 Å². The Labute approximate surface area is 286 Å². The Morgan fingerprint density at radius 1 is 0.500 bits per heavy atom. The highest BCUT2D eigenvalue weighted by Gasteiger charge is 2.19. The molecule has 0 aliphatic heterocycles. The van der Waals surface area contributed by atoms with Crippen LogP contribution >= 0.6 is 0 Å². The summed E-state index contributed by atoms with van der Waals surface area (Å²) in [6.45, 7) is 9.15. The van der Waals surface area contributed by atoms with Gasteiger partial charge in [-0.3, -0.25) is 14.4 Å². The summed E-state index contributed by atoms with van der Waals surface area (Å²) in [4.78, 5) is 38.0. The summed E-state index contributed by atoms with van der Waals surface area (Å²) in [5.74, 6) is -0.199. The lowest BCUT2D eigenvalue weighted by atomic mass is 10.0. The highest BCUT2D eigenvalue weighted by molar-refractivity contribution is 5.78. The van der Waals surface area contributed by atoms with Crippen molar-refractivity contribution < 1.29 is 19.1 Å². The zero-order chi connectivity index (χ0) is 33.9. The molecule has 0 saturated carbocycles. The molecule has 0 heterocycles. The number of rotatable bonds is 35. The minimum atomic E-state index is -0.372. The van der Waals surface area contributed by atoms with Crippen molar-refractivity contribution in [2.45, 2.75) is 232 Å². The van der Waals surface area contributed by atoms with Crippen LogP contribution in [-0.2, 0) is 19.1 Å². The predicted octanol–water partition coefficient (Wildman–Crippen LogP) is 11.3. The van der Waals surface area contributed by atoms with Crippen molar-refractivity contribution >= 4 is 17.8 Å². The maximum absolute atomic E-state index is 12.9. The molecule has 0 bridgehead atoms. The Morgan fingerprint density at radius 2 is 0.913 bits per heavy atom. The first kappa shape index (κ1) is 44.4. The van der Waals surface area contributed by atoms with E-state index in [1.54, 1.807) is 0 Å². The van der Waals surface area contributed by atoms with E-state index >= 15 is 0 Å². The Morgan fingerprint density at radius 3 is 1.37 bits per heavy atom. The molecule has 0 radical (unpaired) electrons. The molecule has 0 aromatic heterocycles. The van der Waals surface area contributed by atoms with Crippen LogP contribution in [0.2, 0.25) is 0 Å². The molecule has 0 fully saturated rings. The summed E-state index contributed by atoms with van der Waals surface area (Å²) >= 11 is 0. The lowest BCUT2D eigenvalue weighted by Crippen LogP contribution is -2.44. The Hall–Kier alpha value is -1.59. The normalized spacial score (nSPS) is 12.5. The molecule has 272 valence electrons. The van der Waals surface area contributed by atoms with Gasteiger partial charge in [-0.25, -0.2) is 0 Å². The molecule has 0 spiro atoms. The van der Waals surface area contributed by atoms with Crippen LogP contribution in [0.25, 0.3) is 0 Å². The summed E-state index contributed by atoms with van der Waals surface area (Å²) < 4.78 is 5.83. The second kappa shape index (κ2) is 34.7. The van der Waals surface area contributed by atoms with Crippen LogP contribution in [0.5, 0.6) is 0 Å². The molecule has 0 aromatic rings. The van der Waals surface area contributed by atoms with Crippen LogP contribution in [0.1, 0.15) is 220 Å². The molecule has 2 atom stereocenters. The fourth-order valence-electron chi connectivity index (χ4n) is 6.07. The summed E-state index contributed by atoms with van der Waals surface area (Å²) in [6.07, 6.45) is 32.8. The lowest BCUT2D eigenvalue weighted by molar-refractivity contribution is -0.151. The van der Waals surface area contributed by atoms with E-state index in [-0.39, 0.29) is 36.4 Å². The first-order chi connectivity index (χ1) is 22.5. The second-order valence-electron chi connectivity index (χ2n) is 13.9. The van der Waals surface area contributed by atoms with E-state index in [4.69, 9.17) is 4.74 Å². The van der Waals surface area contributed by atoms with Gasteiger partial charge in [-0.1, -0.05) is 169 Å². The number of esters is 1. The van der Waals surface area contributed by atoms with Gasteiger partial charge in [0.2, 0.25) is 11.8 Å². The van der Waals surface area contributed by atoms with Crippen molar-refractivity contribution in [3.05, 3.63) is 0 Å². The van der Waals surface area contributed by atoms with Gasteiger partial charge in [0.1, 0.15) is 6.10 Å². The molecule has 0 aliphatic rings. The van der Waals surface area contributed by atoms with Crippen LogP contribution in [0.4, 0.5) is 0 Å². The molecule has 0 unspecified atom stereocenters. The third kappa shape index (κ3) is 31.0. The molecular formula is C40H78N2O4. The number of hydrogen-bond acceptors (Lipinski definition) is 4. The van der Waals surface area contributed by atoms with Gasteiger partial charge < -0.3 is 15.4 Å². The van der Waals surface area contributed by atoms with Crippen molar-refractivity contribution in [3.63, 3.8) is 0 Å². The molecule has 46 heavy (non-hydrogen) atoms. The van der Waals surface area contributed by atoms with Crippen molar-refractivity contribution in [2.24, 2.45) is 0 Å². The van der Waals surface area contributed by atoms with Crippen LogP contribution in [0.3, 0.4) is 0 Å². The molecule has 0 aromatic carbocycles. The molecule has 2 amide bonds. The molecule has 6 heteroatoms. The van der Waals surface area contributed by atoms with Gasteiger partial charge in [-0.15, -0.1) is 0 Å². The Balaban J connectivity index is 4.31. The largest absolute Gasteiger partial charge is 0.462 e. The van der Waals surface area contributed by atoms with Gasteiger partial charge >= 0.3 is 5.97 Å². The van der Waals surface area contributed by atoms with Gasteiger partial charge in [0.25, 0.3) is 0 Å². The van der Waals surface area contributed by atoms with E-state index in [1.807, 2.05) is 6.92 Å². The van der Waals surface area contributed by atoms with Crippen LogP contribution in [0, 0.1) is 0 Å². The smallest absolute Gasteiger partial charge is 0.306 e. The molecule has 0 rings (SSSR count). The lowest BCUT2D eigenvalue weighted by Gasteiger charge is -2.20. The molecule has 0 aliphatic carbocycles. The quantitative estimate of drug-likeness (QED) is 0.0528. The minimum absolute atomic E-state index is 0.0763. The minimum Gasteiger partial charge on any atom is -0.462 e. The zero-order valence-electron chi connectivity index (χ0n) is 31.2. The van der Waals surface area contributed by atoms with E-state index < -0.39 is 0 Å². The van der Waals surface area contributed by atoms with Gasteiger partial charge in [0, 0.05) is 25.4 Å². The second-order valence-corrected chi connectivity index (χ2v) is 13.9. The van der Waals surface area contributed by atoms with Crippen LogP contribution in [-0.4, -0.2) is 36.5 Å². The van der Waals surface area contributed by atoms with E-state index in [2.05, 4.69) is 31.4 Å². The predicted molar refractivity (Wildman–Crippen MR) is 196 cm³/mol. The first-order valence-corrected chi connectivity index (χ1v) is 20.2. The van der Waals surface area contributed by atoms with Crippen molar-refractivity contribution in [1.29, 1.82) is 0 Å². The zero-order valence-corrected chi connectivity index (χ0v) is 31.2. The van der Waals surface area contributed by atoms with E-state index in [1.165, 1.54) is 122 Å². The molecule has 6 nitrogen and oxygen atoms in total. The topological polar surface area (TPSA) is 84.5 Å². The van der Waals surface area contributed by atoms with Crippen molar-refractivity contribution in [1.82, 2.24) is 10.6 Å². The van der Waals surface area contributed by atoms with E-state index in [0.717, 1.165) is 51.4 Å². The monoisotopic (exact) mass is 651 g/mol. The van der Waals surface area contributed by atoms with Gasteiger partial charge in [0.15, 0.2) is 0 Å². The fourth-order valence-corrected chi connectivity index (χ4v) is 6.07. The number of unbranched alkanes of at least 4 members (excludes halogenated alkanes) is 22. The highest BCUT2D eigenvalue weighted by atomic mass is 16.5. The highest BCUT2D eigenvalue weighted by Crippen LogP contribution is 2.16. The number of ether oxygens (including phenoxy) is 1. The molecule has 2 N–H and O–H groups in total. The third-order valence-corrected chi connectivity index (χ3v) is 9.24. The fraction of sp³-hybridized carbons (Fsp3) is 0.925. The number of nitrogens with one attached hydrogen (secondary N) is 2. The first-order valence-electron chi connectivity index (χ1n) is 20.2. The summed E-state index contributed by atoms with van der Waals surface area (Å²) in [7, 11) is 0. The summed E-state index contributed by atoms with van der Waals surface area (Å²) in [6, 6.07) is -0.0779. The average molecular weight is 651 g/mol. The summed E-state index contributed by atoms with van der Waals surface area (Å²) in [5, 5.41) is 6.11. The Bertz CT molecular complexity index is 699. The van der Waals surface area contributed by atoms with Gasteiger partial charge in [-0.2, -0.15) is 0 Å². The molecule has 0 saturated heterocycles. The maximum Gasteiger partial charge on any atom is 0.306 e. The van der Waals surface area contributed by atoms with Crippen molar-refractivity contribution in [3.8, 4) is 0 Å². The SMILES string of the molecule is CCCCCCCCCCCCCC(=O)N[C@@H](CC)CNC(=O)C[C@@H](CCCCCCC)OC(=O)CCCCCCCCCCC. The summed E-state index contributed by atoms with van der Waals surface area (Å²) in [5.41, 5.74) is 0. The average Bonchev–Trinajstić information content (AvgIpc) is 3.04. The van der Waals surface area contributed by atoms with Gasteiger partial charge in [-0.05, 0) is 32.1 Å². The van der Waals surface area contributed by atoms with Crippen molar-refractivity contribution in [2.75, 3.05) is 6.54 Å². The standard InChI is InChI=1S/C40H78N2O4/c1-5-9-12-15-17-19-20-22-23-26-29-32-38(43)42-36(8-4)35-41-39(44)34-37(31-28-25-14-11-7-3)46-40(45)33-30-27-24-21-18-16-13-10-6-2/h36-37H,5-35H2,1-4H3,(H,41,44)(H,42,43)/t36-,37+/m0/s1. The van der Waals surface area contributed by atoms with Crippen LogP contribution < -0.4 is 10.6 Å².